The Morgan fingerprint density at radius 3 is 2.48 bits per heavy atom. The molecule has 0 saturated carbocycles. The maximum absolute atomic E-state index is 12.8. The number of hydrogen-bond acceptors (Lipinski definition) is 3. The second kappa shape index (κ2) is 8.88. The van der Waals surface area contributed by atoms with E-state index in [2.05, 4.69) is 24.1 Å². The molecule has 1 unspecified atom stereocenters. The molecule has 2 aromatic carbocycles. The summed E-state index contributed by atoms with van der Waals surface area (Å²) >= 11 is 0. The maximum atomic E-state index is 12.8. The van der Waals surface area contributed by atoms with Gasteiger partial charge >= 0.3 is 0 Å². The van der Waals surface area contributed by atoms with Gasteiger partial charge in [0.25, 0.3) is 0 Å². The summed E-state index contributed by atoms with van der Waals surface area (Å²) in [6.07, 6.45) is 1.20. The number of aryl methyl sites for hydroxylation is 1. The van der Waals surface area contributed by atoms with Gasteiger partial charge in [-0.05, 0) is 30.7 Å². The number of nitrogens with zero attached hydrogens (tertiary/aromatic N) is 2. The number of carbonyl (C=O) groups excluding carboxylic acids is 1. The van der Waals surface area contributed by atoms with Crippen molar-refractivity contribution in [3.05, 3.63) is 65.7 Å². The first-order valence-electron chi connectivity index (χ1n) is 8.51. The number of carbonyl (C=O) groups is 1. The maximum Gasteiger partial charge on any atom is 0.223 e. The van der Waals surface area contributed by atoms with E-state index in [1.165, 1.54) is 5.56 Å². The number of amides is 1. The Kier molecular flexibility index (Phi) is 6.85. The third-order valence-corrected chi connectivity index (χ3v) is 4.75. The van der Waals surface area contributed by atoms with Crippen LogP contribution in [-0.4, -0.2) is 42.4 Å². The lowest BCUT2D eigenvalue weighted by molar-refractivity contribution is -0.136. The molecule has 1 heterocycles. The molecule has 25 heavy (non-hydrogen) atoms. The third kappa shape index (κ3) is 4.74. The van der Waals surface area contributed by atoms with E-state index in [1.807, 2.05) is 47.4 Å². The number of piperazine rings is 1. The van der Waals surface area contributed by atoms with Crippen LogP contribution in [0.15, 0.2) is 54.6 Å². The van der Waals surface area contributed by atoms with Crippen LogP contribution in [0.5, 0.6) is 0 Å². The van der Waals surface area contributed by atoms with Crippen LogP contribution in [0.25, 0.3) is 0 Å². The molecule has 5 heteroatoms. The van der Waals surface area contributed by atoms with E-state index < -0.39 is 0 Å². The van der Waals surface area contributed by atoms with Gasteiger partial charge in [-0.15, -0.1) is 12.4 Å². The van der Waals surface area contributed by atoms with E-state index in [9.17, 15) is 4.79 Å². The van der Waals surface area contributed by atoms with Crippen molar-refractivity contribution in [2.75, 3.05) is 32.4 Å². The van der Waals surface area contributed by atoms with E-state index in [4.69, 9.17) is 5.73 Å². The Morgan fingerprint density at radius 2 is 1.76 bits per heavy atom. The Bertz CT molecular complexity index is 692. The van der Waals surface area contributed by atoms with E-state index in [-0.39, 0.29) is 24.4 Å². The molecule has 2 aromatic rings. The minimum Gasteiger partial charge on any atom is -0.399 e. The van der Waals surface area contributed by atoms with Gasteiger partial charge in [0.05, 0.1) is 6.04 Å². The Labute approximate surface area is 156 Å². The van der Waals surface area contributed by atoms with Crippen LogP contribution in [-0.2, 0) is 11.2 Å². The molecule has 1 saturated heterocycles. The topological polar surface area (TPSA) is 49.6 Å². The number of nitrogen functional groups attached to an aromatic ring is 1. The fraction of sp³-hybridized carbons (Fsp3) is 0.350. The van der Waals surface area contributed by atoms with Crippen molar-refractivity contribution in [3.63, 3.8) is 0 Å². The zero-order chi connectivity index (χ0) is 16.9. The normalized spacial score (nSPS) is 17.8. The van der Waals surface area contributed by atoms with Crippen molar-refractivity contribution in [1.29, 1.82) is 0 Å². The van der Waals surface area contributed by atoms with Gasteiger partial charge in [0, 0.05) is 31.7 Å². The number of para-hydroxylation sites is 1. The number of halogens is 1. The Balaban J connectivity index is 0.00000225. The number of rotatable bonds is 4. The SMILES string of the molecule is CN1CCN(C(=O)CCc2ccccc2N)C(c2ccccc2)C1.Cl. The summed E-state index contributed by atoms with van der Waals surface area (Å²) in [5.41, 5.74) is 9.01. The Morgan fingerprint density at radius 1 is 1.08 bits per heavy atom. The van der Waals surface area contributed by atoms with E-state index in [0.717, 1.165) is 30.9 Å². The number of likely N-dealkylation sites (N-methyl/N-ethyl adjacent to an activating group) is 1. The second-order valence-corrected chi connectivity index (χ2v) is 6.47. The molecule has 0 radical (unpaired) electrons. The van der Waals surface area contributed by atoms with Gasteiger partial charge in [0.1, 0.15) is 0 Å². The summed E-state index contributed by atoms with van der Waals surface area (Å²) in [7, 11) is 2.11. The van der Waals surface area contributed by atoms with Crippen molar-refractivity contribution in [3.8, 4) is 0 Å². The fourth-order valence-electron chi connectivity index (χ4n) is 3.33. The molecule has 1 fully saturated rings. The zero-order valence-corrected chi connectivity index (χ0v) is 15.4. The van der Waals surface area contributed by atoms with Crippen LogP contribution in [0.2, 0.25) is 0 Å². The lowest BCUT2D eigenvalue weighted by Crippen LogP contribution is -2.49. The van der Waals surface area contributed by atoms with Gasteiger partial charge in [-0.1, -0.05) is 48.5 Å². The monoisotopic (exact) mass is 359 g/mol. The summed E-state index contributed by atoms with van der Waals surface area (Å²) in [5, 5.41) is 0. The summed E-state index contributed by atoms with van der Waals surface area (Å²) in [6.45, 7) is 2.57. The first-order valence-corrected chi connectivity index (χ1v) is 8.51. The lowest BCUT2D eigenvalue weighted by atomic mass is 10.0. The molecule has 1 aliphatic rings. The summed E-state index contributed by atoms with van der Waals surface area (Å²) in [6, 6.07) is 18.2. The second-order valence-electron chi connectivity index (χ2n) is 6.47. The molecular weight excluding hydrogens is 334 g/mol. The Hall–Kier alpha value is -2.04. The molecule has 0 spiro atoms. The molecular formula is C20H26ClN3O. The molecule has 3 rings (SSSR count). The lowest BCUT2D eigenvalue weighted by Gasteiger charge is -2.40. The van der Waals surface area contributed by atoms with Crippen LogP contribution in [0, 0.1) is 0 Å². The highest BCUT2D eigenvalue weighted by Gasteiger charge is 2.29. The van der Waals surface area contributed by atoms with Crippen LogP contribution in [0.1, 0.15) is 23.6 Å². The minimum atomic E-state index is 0. The summed E-state index contributed by atoms with van der Waals surface area (Å²) < 4.78 is 0. The van der Waals surface area contributed by atoms with Crippen LogP contribution < -0.4 is 5.73 Å². The molecule has 4 nitrogen and oxygen atoms in total. The highest BCUT2D eigenvalue weighted by Crippen LogP contribution is 2.26. The van der Waals surface area contributed by atoms with Crippen molar-refractivity contribution >= 4 is 24.0 Å². The zero-order valence-electron chi connectivity index (χ0n) is 14.6. The van der Waals surface area contributed by atoms with Crippen molar-refractivity contribution < 1.29 is 4.79 Å². The molecule has 0 aliphatic carbocycles. The molecule has 2 N–H and O–H groups in total. The van der Waals surface area contributed by atoms with E-state index in [0.29, 0.717) is 12.8 Å². The molecule has 1 atom stereocenters. The highest BCUT2D eigenvalue weighted by molar-refractivity contribution is 5.85. The molecule has 134 valence electrons. The van der Waals surface area contributed by atoms with Crippen molar-refractivity contribution in [1.82, 2.24) is 9.80 Å². The quantitative estimate of drug-likeness (QED) is 0.853. The third-order valence-electron chi connectivity index (χ3n) is 4.75. The number of benzene rings is 2. The fourth-order valence-corrected chi connectivity index (χ4v) is 3.33. The smallest absolute Gasteiger partial charge is 0.223 e. The van der Waals surface area contributed by atoms with Gasteiger partial charge in [0.15, 0.2) is 0 Å². The number of nitrogens with two attached hydrogens (primary N) is 1. The predicted molar refractivity (Wildman–Crippen MR) is 105 cm³/mol. The summed E-state index contributed by atoms with van der Waals surface area (Å²) in [4.78, 5) is 17.2. The summed E-state index contributed by atoms with van der Waals surface area (Å²) in [5.74, 6) is 0.209. The molecule has 1 amide bonds. The predicted octanol–water partition coefficient (Wildman–Crippen LogP) is 3.14. The minimum absolute atomic E-state index is 0. The molecule has 1 aliphatic heterocycles. The average molecular weight is 360 g/mol. The first-order chi connectivity index (χ1) is 11.6. The largest absolute Gasteiger partial charge is 0.399 e. The molecule has 0 bridgehead atoms. The van der Waals surface area contributed by atoms with Crippen molar-refractivity contribution in [2.45, 2.75) is 18.9 Å². The van der Waals surface area contributed by atoms with Gasteiger partial charge in [0.2, 0.25) is 5.91 Å². The van der Waals surface area contributed by atoms with Crippen LogP contribution in [0.3, 0.4) is 0 Å². The average Bonchev–Trinajstić information content (AvgIpc) is 2.61. The number of hydrogen-bond donors (Lipinski definition) is 1. The highest BCUT2D eigenvalue weighted by atomic mass is 35.5. The van der Waals surface area contributed by atoms with Gasteiger partial charge < -0.3 is 15.5 Å². The van der Waals surface area contributed by atoms with Gasteiger partial charge in [-0.25, -0.2) is 0 Å². The van der Waals surface area contributed by atoms with E-state index in [1.54, 1.807) is 0 Å². The number of anilines is 1. The van der Waals surface area contributed by atoms with Gasteiger partial charge in [-0.3, -0.25) is 4.79 Å². The van der Waals surface area contributed by atoms with Crippen molar-refractivity contribution in [2.24, 2.45) is 0 Å². The van der Waals surface area contributed by atoms with E-state index >= 15 is 0 Å². The molecule has 0 aromatic heterocycles. The van der Waals surface area contributed by atoms with Gasteiger partial charge in [-0.2, -0.15) is 0 Å². The standard InChI is InChI=1S/C20H25N3O.ClH/c1-22-13-14-23(19(15-22)17-8-3-2-4-9-17)20(24)12-11-16-7-5-6-10-18(16)21;/h2-10,19H,11-15,21H2,1H3;1H. The van der Waals surface area contributed by atoms with Crippen LogP contribution >= 0.6 is 12.4 Å². The first kappa shape index (κ1) is 19.3. The van der Waals surface area contributed by atoms with Crippen LogP contribution in [0.4, 0.5) is 5.69 Å².